The number of carbonyl (C=O) groups excluding carboxylic acids is 3. The zero-order chi connectivity index (χ0) is 29.7. The minimum atomic E-state index is -4.11. The molecule has 41 heavy (non-hydrogen) atoms. The monoisotopic (exact) mass is 615 g/mol. The zero-order valence-corrected chi connectivity index (χ0v) is 22.8. The van der Waals surface area contributed by atoms with E-state index in [0.717, 1.165) is 6.07 Å². The second-order valence-electron chi connectivity index (χ2n) is 10.5. The van der Waals surface area contributed by atoms with Gasteiger partial charge in [0.25, 0.3) is 5.91 Å². The van der Waals surface area contributed by atoms with Crippen molar-refractivity contribution >= 4 is 45.0 Å². The van der Waals surface area contributed by atoms with Gasteiger partial charge in [-0.05, 0) is 55.7 Å². The number of aliphatic hydroxyl groups is 1. The normalized spacial score (nSPS) is 27.2. The lowest BCUT2D eigenvalue weighted by Gasteiger charge is -2.42. The summed E-state index contributed by atoms with van der Waals surface area (Å²) in [6.45, 7) is -0.257. The van der Waals surface area contributed by atoms with Gasteiger partial charge in [0.05, 0.1) is 20.8 Å². The van der Waals surface area contributed by atoms with Crippen LogP contribution in [0.3, 0.4) is 0 Å². The lowest BCUT2D eigenvalue weighted by molar-refractivity contribution is -0.126. The van der Waals surface area contributed by atoms with Crippen molar-refractivity contribution < 1.29 is 45.8 Å². The standard InChI is InChI=1S/C26H25ClF3N3O7S/c27-17-4-1-12(23(34)32-15-8-18(28)22(30)19(29)9-15)5-21(17)41(38,39)16-6-13-2-3-14(7-16)26(13,37)11-31-24(35)20-10-40-25(36)33-20/h1,4-5,8-9,13-14,16,20,37H,2-3,6-7,10-11H2,(H,31,35)(H,32,34)(H,33,36)/t13?,14?,16-,20-,26-/m1/s1. The average molecular weight is 616 g/mol. The molecule has 2 aliphatic carbocycles. The molecule has 0 spiro atoms. The summed E-state index contributed by atoms with van der Waals surface area (Å²) in [6.07, 6.45) is 0.513. The molecule has 2 aromatic carbocycles. The highest BCUT2D eigenvalue weighted by Crippen LogP contribution is 2.52. The molecule has 3 amide bonds. The molecule has 2 bridgehead atoms. The van der Waals surface area contributed by atoms with Crippen LogP contribution in [0.4, 0.5) is 23.7 Å². The van der Waals surface area contributed by atoms with Crippen LogP contribution in [0.2, 0.25) is 5.02 Å². The number of cyclic esters (lactones) is 1. The molecule has 10 nitrogen and oxygen atoms in total. The van der Waals surface area contributed by atoms with Crippen molar-refractivity contribution in [3.63, 3.8) is 0 Å². The first-order valence-corrected chi connectivity index (χ1v) is 14.6. The summed E-state index contributed by atoms with van der Waals surface area (Å²) in [5.74, 6) is -7.05. The van der Waals surface area contributed by atoms with E-state index in [1.807, 2.05) is 0 Å². The highest BCUT2D eigenvalue weighted by atomic mass is 35.5. The Bertz CT molecular complexity index is 1500. The van der Waals surface area contributed by atoms with Gasteiger partial charge >= 0.3 is 6.09 Å². The molecule has 0 radical (unpaired) electrons. The van der Waals surface area contributed by atoms with Gasteiger partial charge < -0.3 is 25.8 Å². The smallest absolute Gasteiger partial charge is 0.407 e. The Kier molecular flexibility index (Phi) is 7.68. The lowest BCUT2D eigenvalue weighted by atomic mass is 9.74. The van der Waals surface area contributed by atoms with E-state index >= 15 is 0 Å². The molecule has 1 aliphatic heterocycles. The number of halogens is 4. The summed E-state index contributed by atoms with van der Waals surface area (Å²) in [6, 6.07) is 3.80. The summed E-state index contributed by atoms with van der Waals surface area (Å²) in [4.78, 5) is 36.0. The molecule has 220 valence electrons. The Labute approximate surface area is 237 Å². The van der Waals surface area contributed by atoms with Gasteiger partial charge in [0.2, 0.25) is 5.91 Å². The van der Waals surface area contributed by atoms with Crippen LogP contribution in [0.25, 0.3) is 0 Å². The van der Waals surface area contributed by atoms with E-state index in [2.05, 4.69) is 16.0 Å². The maximum absolute atomic E-state index is 13.7. The first-order chi connectivity index (χ1) is 19.3. The highest BCUT2D eigenvalue weighted by molar-refractivity contribution is 7.92. The third-order valence-corrected chi connectivity index (χ3v) is 10.7. The first-order valence-electron chi connectivity index (χ1n) is 12.7. The third kappa shape index (κ3) is 5.47. The SMILES string of the molecule is O=C1N[C@@H](C(=O)NC[C@]2(O)C3CCC2C[C@@H](S(=O)(=O)c2cc(C(=O)Nc4cc(F)c(F)c(F)c4)ccc2Cl)C3)CO1. The number of sulfone groups is 1. The van der Waals surface area contributed by atoms with Crippen molar-refractivity contribution in [2.45, 2.75) is 47.5 Å². The molecule has 3 atom stereocenters. The van der Waals surface area contributed by atoms with Gasteiger partial charge in [0.1, 0.15) is 12.6 Å². The highest BCUT2D eigenvalue weighted by Gasteiger charge is 2.56. The number of hydrogen-bond acceptors (Lipinski definition) is 7. The number of carbonyl (C=O) groups is 3. The van der Waals surface area contributed by atoms with Gasteiger partial charge in [0, 0.05) is 29.9 Å². The number of benzene rings is 2. The quantitative estimate of drug-likeness (QED) is 0.350. The predicted molar refractivity (Wildman–Crippen MR) is 138 cm³/mol. The lowest BCUT2D eigenvalue weighted by Crippen LogP contribution is -2.56. The summed E-state index contributed by atoms with van der Waals surface area (Å²) < 4.78 is 72.5. The van der Waals surface area contributed by atoms with Crippen LogP contribution in [-0.4, -0.2) is 61.5 Å². The fourth-order valence-electron chi connectivity index (χ4n) is 5.90. The van der Waals surface area contributed by atoms with Gasteiger partial charge in [-0.25, -0.2) is 26.4 Å². The fraction of sp³-hybridized carbons (Fsp3) is 0.423. The summed E-state index contributed by atoms with van der Waals surface area (Å²) in [7, 11) is -4.11. The minimum Gasteiger partial charge on any atom is -0.447 e. The van der Waals surface area contributed by atoms with Crippen molar-refractivity contribution in [2.75, 3.05) is 18.5 Å². The fourth-order valence-corrected chi connectivity index (χ4v) is 8.30. The molecule has 2 aromatic rings. The Morgan fingerprint density at radius 1 is 1.10 bits per heavy atom. The summed E-state index contributed by atoms with van der Waals surface area (Å²) in [5.41, 5.74) is -1.89. The van der Waals surface area contributed by atoms with Gasteiger partial charge in [-0.2, -0.15) is 0 Å². The molecule has 1 heterocycles. The van der Waals surface area contributed by atoms with Gasteiger partial charge in [-0.1, -0.05) is 11.6 Å². The number of hydrogen-bond donors (Lipinski definition) is 4. The Hall–Kier alpha value is -3.36. The maximum atomic E-state index is 13.7. The third-order valence-electron chi connectivity index (χ3n) is 8.09. The van der Waals surface area contributed by atoms with Gasteiger partial charge in [-0.15, -0.1) is 0 Å². The van der Waals surface area contributed by atoms with E-state index in [0.29, 0.717) is 25.0 Å². The van der Waals surface area contributed by atoms with Crippen LogP contribution in [0.15, 0.2) is 35.2 Å². The van der Waals surface area contributed by atoms with Crippen molar-refractivity contribution in [1.29, 1.82) is 0 Å². The van der Waals surface area contributed by atoms with Crippen molar-refractivity contribution in [1.82, 2.24) is 10.6 Å². The molecule has 5 rings (SSSR count). The maximum Gasteiger partial charge on any atom is 0.407 e. The Balaban J connectivity index is 1.30. The van der Waals surface area contributed by atoms with E-state index in [4.69, 9.17) is 16.3 Å². The van der Waals surface area contributed by atoms with Crippen LogP contribution in [0, 0.1) is 29.3 Å². The van der Waals surface area contributed by atoms with Gasteiger partial charge in [0.15, 0.2) is 27.3 Å². The predicted octanol–water partition coefficient (Wildman–Crippen LogP) is 2.93. The van der Waals surface area contributed by atoms with Crippen LogP contribution in [-0.2, 0) is 19.4 Å². The number of fused-ring (bicyclic) bond motifs is 2. The molecule has 2 unspecified atom stereocenters. The summed E-state index contributed by atoms with van der Waals surface area (Å²) in [5, 5.41) is 17.6. The van der Waals surface area contributed by atoms with E-state index in [9.17, 15) is 41.1 Å². The Morgan fingerprint density at radius 2 is 1.73 bits per heavy atom. The topological polar surface area (TPSA) is 151 Å². The summed E-state index contributed by atoms with van der Waals surface area (Å²) >= 11 is 6.24. The molecule has 3 aliphatic rings. The zero-order valence-electron chi connectivity index (χ0n) is 21.3. The van der Waals surface area contributed by atoms with Crippen LogP contribution >= 0.6 is 11.6 Å². The number of amides is 3. The van der Waals surface area contributed by atoms with Crippen LogP contribution < -0.4 is 16.0 Å². The van der Waals surface area contributed by atoms with Crippen LogP contribution in [0.5, 0.6) is 0 Å². The molecule has 1 saturated heterocycles. The van der Waals surface area contributed by atoms with E-state index in [1.165, 1.54) is 12.1 Å². The van der Waals surface area contributed by atoms with E-state index in [1.54, 1.807) is 0 Å². The van der Waals surface area contributed by atoms with E-state index < -0.39 is 73.9 Å². The molecule has 15 heteroatoms. The molecular weight excluding hydrogens is 591 g/mol. The molecule has 2 saturated carbocycles. The van der Waals surface area contributed by atoms with E-state index in [-0.39, 0.29) is 47.2 Å². The number of ether oxygens (including phenoxy) is 1. The Morgan fingerprint density at radius 3 is 2.32 bits per heavy atom. The van der Waals surface area contributed by atoms with Crippen LogP contribution in [0.1, 0.15) is 36.0 Å². The number of rotatable bonds is 7. The first kappa shape index (κ1) is 29.1. The molecule has 3 fully saturated rings. The molecule has 4 N–H and O–H groups in total. The molecular formula is C26H25ClF3N3O7S. The van der Waals surface area contributed by atoms with Crippen molar-refractivity contribution in [3.8, 4) is 0 Å². The number of anilines is 1. The number of nitrogens with one attached hydrogen (secondary N) is 3. The second kappa shape index (κ2) is 10.8. The molecule has 0 aromatic heterocycles. The van der Waals surface area contributed by atoms with Crippen molar-refractivity contribution in [3.05, 3.63) is 58.4 Å². The second-order valence-corrected chi connectivity index (χ2v) is 13.1. The average Bonchev–Trinajstić information content (AvgIpc) is 3.38. The largest absolute Gasteiger partial charge is 0.447 e. The van der Waals surface area contributed by atoms with Gasteiger partial charge in [-0.3, -0.25) is 9.59 Å². The number of alkyl carbamates (subject to hydrolysis) is 1. The van der Waals surface area contributed by atoms with Crippen molar-refractivity contribution in [2.24, 2.45) is 11.8 Å². The minimum absolute atomic E-state index is 0.0787.